The minimum atomic E-state index is -4.75. The van der Waals surface area contributed by atoms with Crippen LogP contribution in [0, 0.1) is 0 Å². The molecule has 2 aromatic heterocycles. The van der Waals surface area contributed by atoms with E-state index in [0.717, 1.165) is 38.0 Å². The number of aromatic nitrogens is 4. The molecule has 0 radical (unpaired) electrons. The Morgan fingerprint density at radius 1 is 0.955 bits per heavy atom. The van der Waals surface area contributed by atoms with Crippen molar-refractivity contribution in [1.29, 1.82) is 0 Å². The lowest BCUT2D eigenvalue weighted by molar-refractivity contribution is -0.00730. The summed E-state index contributed by atoms with van der Waals surface area (Å²) in [5.41, 5.74) is 1.23. The van der Waals surface area contributed by atoms with Crippen molar-refractivity contribution in [2.45, 2.75) is 18.8 Å². The second kappa shape index (κ2) is 10.4. The first-order valence-corrected chi connectivity index (χ1v) is 17.5. The van der Waals surface area contributed by atoms with Crippen LogP contribution in [0.25, 0.3) is 43.5 Å². The van der Waals surface area contributed by atoms with E-state index in [1.165, 1.54) is 10.9 Å². The van der Waals surface area contributed by atoms with Crippen molar-refractivity contribution < 1.29 is 38.8 Å². The second-order valence-electron chi connectivity index (χ2n) is 10.6. The molecule has 0 aliphatic carbocycles. The van der Waals surface area contributed by atoms with Gasteiger partial charge in [0.2, 0.25) is 18.9 Å². The molecule has 6 aromatic rings. The van der Waals surface area contributed by atoms with Gasteiger partial charge in [-0.2, -0.15) is 9.97 Å². The molecule has 0 saturated carbocycles. The maximum absolute atomic E-state index is 12.3. The number of ether oxygens (including phenoxy) is 1. The number of nitrogens with zero attached hydrogens (tertiary/aromatic N) is 4. The molecule has 0 bridgehead atoms. The number of benzene rings is 4. The molecule has 4 aromatic carbocycles. The number of allylic oxidation sites excluding steroid dienone is 1. The molecule has 0 saturated heterocycles. The lowest BCUT2D eigenvalue weighted by atomic mass is 9.93. The third-order valence-electron chi connectivity index (χ3n) is 7.64. The van der Waals surface area contributed by atoms with Crippen molar-refractivity contribution >= 4 is 81.6 Å². The van der Waals surface area contributed by atoms with Gasteiger partial charge in [0.15, 0.2) is 28.8 Å². The number of aliphatic hydroxyl groups is 2. The van der Waals surface area contributed by atoms with Gasteiger partial charge in [-0.15, -0.1) is 0 Å². The summed E-state index contributed by atoms with van der Waals surface area (Å²) >= 11 is 6.33. The number of nitrogens with one attached hydrogen (secondary N) is 1. The van der Waals surface area contributed by atoms with Gasteiger partial charge < -0.3 is 34.9 Å². The molecule has 3 heterocycles. The van der Waals surface area contributed by atoms with E-state index in [9.17, 15) is 24.2 Å². The zero-order chi connectivity index (χ0) is 31.0. The van der Waals surface area contributed by atoms with Crippen LogP contribution < -0.4 is 5.32 Å². The Bertz CT molecular complexity index is 2220. The van der Waals surface area contributed by atoms with Gasteiger partial charge >= 0.3 is 7.60 Å². The average Bonchev–Trinajstić information content (AvgIpc) is 3.50. The number of halogens is 1. The first-order chi connectivity index (χ1) is 20.9. The average molecular weight is 656 g/mol. The zero-order valence-electron chi connectivity index (χ0n) is 22.6. The van der Waals surface area contributed by atoms with Crippen LogP contribution >= 0.6 is 26.6 Å². The van der Waals surface area contributed by atoms with Crippen LogP contribution in [-0.4, -0.2) is 62.6 Å². The number of rotatable bonds is 8. The zero-order valence-corrected chi connectivity index (χ0v) is 25.1. The van der Waals surface area contributed by atoms with Crippen molar-refractivity contribution in [1.82, 2.24) is 19.5 Å². The minimum absolute atomic E-state index is 0.122. The highest BCUT2D eigenvalue weighted by Gasteiger charge is 2.39. The molecule has 226 valence electrons. The Labute approximate surface area is 253 Å². The highest BCUT2D eigenvalue weighted by atomic mass is 35.5. The van der Waals surface area contributed by atoms with Crippen molar-refractivity contribution in [2.75, 3.05) is 17.4 Å². The van der Waals surface area contributed by atoms with Crippen LogP contribution in [0.15, 0.2) is 72.4 Å². The number of hydrogen-bond acceptors (Lipinski definition) is 9. The SMILES string of the molecule is O=P(O)(O)CP(=O)(O)CCC1=C(O)C(O)[C@H](n2cnc3c(Nc4ccc5ccc6cccc7ccc4c5c67)nc(Cl)nc32)O1. The summed E-state index contributed by atoms with van der Waals surface area (Å²) in [6, 6.07) is 18.4. The number of hydrogen-bond donors (Lipinski definition) is 6. The molecule has 1 aliphatic heterocycles. The van der Waals surface area contributed by atoms with E-state index in [2.05, 4.69) is 50.6 Å². The van der Waals surface area contributed by atoms with Crippen molar-refractivity contribution in [3.63, 3.8) is 0 Å². The van der Waals surface area contributed by atoms with Gasteiger partial charge in [0.1, 0.15) is 18.0 Å². The molecule has 13 nitrogen and oxygen atoms in total. The number of imidazole rings is 1. The first-order valence-electron chi connectivity index (χ1n) is 13.3. The maximum atomic E-state index is 12.3. The van der Waals surface area contributed by atoms with Gasteiger partial charge in [-0.1, -0.05) is 48.5 Å². The van der Waals surface area contributed by atoms with Crippen LogP contribution in [0.2, 0.25) is 5.28 Å². The van der Waals surface area contributed by atoms with E-state index in [0.29, 0.717) is 5.52 Å². The molecule has 44 heavy (non-hydrogen) atoms. The molecule has 3 atom stereocenters. The Morgan fingerprint density at radius 2 is 1.64 bits per heavy atom. The first kappa shape index (κ1) is 28.9. The van der Waals surface area contributed by atoms with Gasteiger partial charge in [-0.05, 0) is 44.6 Å². The number of fused-ring (bicyclic) bond motifs is 1. The van der Waals surface area contributed by atoms with E-state index < -0.39 is 45.1 Å². The molecule has 2 unspecified atom stereocenters. The molecule has 0 spiro atoms. The Morgan fingerprint density at radius 3 is 2.36 bits per heavy atom. The summed E-state index contributed by atoms with van der Waals surface area (Å²) in [6.07, 6.45) is -2.45. The van der Waals surface area contributed by atoms with Gasteiger partial charge in [0.05, 0.1) is 0 Å². The standard InChI is InChI=1S/C28H24ClN5O8P2/c29-28-32-25(31-18-9-7-16-5-4-14-2-1-3-15-6-8-17(18)21(16)20(14)15)22-26(33-28)34(12-30-22)27-24(36)23(35)19(42-27)10-11-43(37,38)13-44(39,40)41/h1-9,12,24,27,35-36H,10-11,13H2,(H,37,38)(H,31,32,33)(H2,39,40,41)/t24?,27-/m1/s1. The molecule has 0 amide bonds. The van der Waals surface area contributed by atoms with Gasteiger partial charge in [-0.25, -0.2) is 4.98 Å². The lowest BCUT2D eigenvalue weighted by Gasteiger charge is -2.18. The molecule has 0 fully saturated rings. The highest BCUT2D eigenvalue weighted by Crippen LogP contribution is 2.55. The predicted octanol–water partition coefficient (Wildman–Crippen LogP) is 5.58. The maximum Gasteiger partial charge on any atom is 0.335 e. The van der Waals surface area contributed by atoms with Crippen molar-refractivity contribution in [3.8, 4) is 0 Å². The topological polar surface area (TPSA) is 200 Å². The molecule has 1 aliphatic rings. The van der Waals surface area contributed by atoms with E-state index in [1.54, 1.807) is 0 Å². The molecular formula is C28H24ClN5O8P2. The Kier molecular flexibility index (Phi) is 6.83. The largest absolute Gasteiger partial charge is 0.506 e. The van der Waals surface area contributed by atoms with Gasteiger partial charge in [0.25, 0.3) is 0 Å². The normalized spacial score (nSPS) is 18.9. The van der Waals surface area contributed by atoms with Crippen LogP contribution in [0.3, 0.4) is 0 Å². The van der Waals surface area contributed by atoms with Crippen LogP contribution in [0.4, 0.5) is 11.5 Å². The highest BCUT2D eigenvalue weighted by molar-refractivity contribution is 7.72. The van der Waals surface area contributed by atoms with Crippen molar-refractivity contribution in [3.05, 3.63) is 77.7 Å². The number of aliphatic hydroxyl groups excluding tert-OH is 2. The summed E-state index contributed by atoms with van der Waals surface area (Å²) in [7, 11) is -9.00. The third-order valence-corrected chi connectivity index (χ3v) is 12.0. The van der Waals surface area contributed by atoms with Gasteiger partial charge in [0, 0.05) is 23.7 Å². The van der Waals surface area contributed by atoms with E-state index in [4.69, 9.17) is 26.1 Å². The summed E-state index contributed by atoms with van der Waals surface area (Å²) in [5, 5.41) is 31.0. The lowest BCUT2D eigenvalue weighted by Crippen LogP contribution is -2.22. The molecule has 16 heteroatoms. The van der Waals surface area contributed by atoms with E-state index >= 15 is 0 Å². The summed E-state index contributed by atoms with van der Waals surface area (Å²) in [6.45, 7) is 0. The Balaban J connectivity index is 1.21. The Hall–Kier alpha value is -3.80. The van der Waals surface area contributed by atoms with Crippen molar-refractivity contribution in [2.24, 2.45) is 0 Å². The monoisotopic (exact) mass is 655 g/mol. The predicted molar refractivity (Wildman–Crippen MR) is 166 cm³/mol. The quantitative estimate of drug-likeness (QED) is 0.0677. The van der Waals surface area contributed by atoms with Gasteiger partial charge in [-0.3, -0.25) is 13.7 Å². The van der Waals surface area contributed by atoms with E-state index in [1.807, 2.05) is 24.3 Å². The van der Waals surface area contributed by atoms with Crippen LogP contribution in [0.5, 0.6) is 0 Å². The fourth-order valence-corrected chi connectivity index (χ4v) is 9.32. The second-order valence-corrected chi connectivity index (χ2v) is 15.6. The van der Waals surface area contributed by atoms with Crippen LogP contribution in [-0.2, 0) is 13.9 Å². The number of anilines is 2. The summed E-state index contributed by atoms with van der Waals surface area (Å²) in [5.74, 6) is -1.70. The molecular weight excluding hydrogens is 632 g/mol. The molecule has 7 rings (SSSR count). The molecule has 6 N–H and O–H groups in total. The third kappa shape index (κ3) is 5.06. The fraction of sp³-hybridized carbons (Fsp3) is 0.179. The smallest absolute Gasteiger partial charge is 0.335 e. The van der Waals surface area contributed by atoms with E-state index in [-0.39, 0.29) is 28.9 Å². The summed E-state index contributed by atoms with van der Waals surface area (Å²) < 4.78 is 30.5. The minimum Gasteiger partial charge on any atom is -0.506 e. The van der Waals surface area contributed by atoms with Crippen LogP contribution in [0.1, 0.15) is 12.6 Å². The fourth-order valence-electron chi connectivity index (χ4n) is 5.74. The summed E-state index contributed by atoms with van der Waals surface area (Å²) in [4.78, 5) is 41.2.